The minimum atomic E-state index is -0.200. The molecular formula is C9H17N3O2. The molecule has 0 spiro atoms. The number of unbranched alkanes of at least 4 members (excludes halogenated alkanes) is 3. The van der Waals surface area contributed by atoms with Gasteiger partial charge in [0.05, 0.1) is 13.2 Å². The summed E-state index contributed by atoms with van der Waals surface area (Å²) >= 11 is 0. The molecule has 5 nitrogen and oxygen atoms in total. The number of carbonyl (C=O) groups excluding carboxylic acids is 1. The molecule has 0 rings (SSSR count). The van der Waals surface area contributed by atoms with Gasteiger partial charge in [0.2, 0.25) is 0 Å². The molecule has 0 unspecified atom stereocenters. The fraction of sp³-hybridized carbons (Fsp3) is 0.889. The van der Waals surface area contributed by atoms with Gasteiger partial charge in [-0.15, -0.1) is 0 Å². The second kappa shape index (κ2) is 9.86. The lowest BCUT2D eigenvalue weighted by Gasteiger charge is -2.01. The highest BCUT2D eigenvalue weighted by Gasteiger charge is 2.00. The van der Waals surface area contributed by atoms with Crippen LogP contribution in [-0.4, -0.2) is 19.1 Å². The van der Waals surface area contributed by atoms with E-state index in [1.165, 1.54) is 0 Å². The molecule has 0 radical (unpaired) electrons. The molecule has 5 heteroatoms. The van der Waals surface area contributed by atoms with Crippen LogP contribution in [0.3, 0.4) is 0 Å². The van der Waals surface area contributed by atoms with Crippen LogP contribution in [0.5, 0.6) is 0 Å². The molecule has 0 saturated carbocycles. The lowest BCUT2D eigenvalue weighted by Crippen LogP contribution is -2.07. The van der Waals surface area contributed by atoms with E-state index in [0.717, 1.165) is 25.7 Å². The van der Waals surface area contributed by atoms with Crippen molar-refractivity contribution >= 4 is 5.97 Å². The standard InChI is InChI=1S/C9H17N3O2/c1-2-3-4-5-6-9(13)14-8-7-11-12-10/h2-8H2,1H3. The molecule has 0 atom stereocenters. The Morgan fingerprint density at radius 1 is 1.43 bits per heavy atom. The highest BCUT2D eigenvalue weighted by Crippen LogP contribution is 2.03. The van der Waals surface area contributed by atoms with Crippen molar-refractivity contribution in [2.24, 2.45) is 5.11 Å². The molecule has 0 aliphatic carbocycles. The Morgan fingerprint density at radius 2 is 2.21 bits per heavy atom. The molecule has 0 amide bonds. The molecule has 0 bridgehead atoms. The maximum atomic E-state index is 11.0. The Balaban J connectivity index is 3.23. The molecule has 0 aliphatic rings. The van der Waals surface area contributed by atoms with Crippen molar-refractivity contribution in [1.29, 1.82) is 0 Å². The summed E-state index contributed by atoms with van der Waals surface area (Å²) in [5.74, 6) is -0.200. The van der Waals surface area contributed by atoms with Crippen LogP contribution in [0.15, 0.2) is 5.11 Å². The summed E-state index contributed by atoms with van der Waals surface area (Å²) in [4.78, 5) is 13.6. The van der Waals surface area contributed by atoms with Gasteiger partial charge in [0.25, 0.3) is 0 Å². The van der Waals surface area contributed by atoms with Gasteiger partial charge in [-0.3, -0.25) is 4.79 Å². The van der Waals surface area contributed by atoms with Gasteiger partial charge in [0.15, 0.2) is 0 Å². The van der Waals surface area contributed by atoms with Gasteiger partial charge in [0.1, 0.15) is 0 Å². The minimum absolute atomic E-state index is 0.191. The first-order valence-electron chi connectivity index (χ1n) is 4.97. The Labute approximate surface area is 84.1 Å². The smallest absolute Gasteiger partial charge is 0.305 e. The molecule has 0 saturated heterocycles. The van der Waals surface area contributed by atoms with Crippen LogP contribution < -0.4 is 0 Å². The van der Waals surface area contributed by atoms with Crippen LogP contribution in [-0.2, 0) is 9.53 Å². The lowest BCUT2D eigenvalue weighted by molar-refractivity contribution is -0.143. The monoisotopic (exact) mass is 199 g/mol. The SMILES string of the molecule is CCCCCCC(=O)OCCN=[N+]=[N-]. The predicted molar refractivity (Wildman–Crippen MR) is 53.7 cm³/mol. The third-order valence-corrected chi connectivity index (χ3v) is 1.75. The van der Waals surface area contributed by atoms with Crippen LogP contribution in [0.25, 0.3) is 10.4 Å². The summed E-state index contributed by atoms with van der Waals surface area (Å²) in [6, 6.07) is 0. The summed E-state index contributed by atoms with van der Waals surface area (Å²) < 4.78 is 4.82. The largest absolute Gasteiger partial charge is 0.466 e. The van der Waals surface area contributed by atoms with E-state index in [-0.39, 0.29) is 19.1 Å². The van der Waals surface area contributed by atoms with E-state index < -0.39 is 0 Å². The van der Waals surface area contributed by atoms with Crippen LogP contribution in [0.1, 0.15) is 39.0 Å². The van der Waals surface area contributed by atoms with Gasteiger partial charge in [-0.1, -0.05) is 31.3 Å². The van der Waals surface area contributed by atoms with Crippen molar-refractivity contribution in [2.45, 2.75) is 39.0 Å². The molecule has 0 heterocycles. The number of carbonyl (C=O) groups is 1. The van der Waals surface area contributed by atoms with Crippen molar-refractivity contribution in [1.82, 2.24) is 0 Å². The zero-order valence-corrected chi connectivity index (χ0v) is 8.61. The van der Waals surface area contributed by atoms with Gasteiger partial charge in [-0.05, 0) is 12.0 Å². The van der Waals surface area contributed by atoms with Crippen molar-refractivity contribution < 1.29 is 9.53 Å². The molecule has 0 fully saturated rings. The van der Waals surface area contributed by atoms with E-state index in [1.807, 2.05) is 0 Å². The second-order valence-electron chi connectivity index (χ2n) is 2.99. The van der Waals surface area contributed by atoms with Crippen molar-refractivity contribution in [3.05, 3.63) is 10.4 Å². The normalized spacial score (nSPS) is 9.21. The van der Waals surface area contributed by atoms with Crippen molar-refractivity contribution in [3.8, 4) is 0 Å². The lowest BCUT2D eigenvalue weighted by atomic mass is 10.2. The van der Waals surface area contributed by atoms with E-state index in [1.54, 1.807) is 0 Å². The van der Waals surface area contributed by atoms with Crippen molar-refractivity contribution in [2.75, 3.05) is 13.2 Å². The van der Waals surface area contributed by atoms with Crippen molar-refractivity contribution in [3.63, 3.8) is 0 Å². The molecule has 0 aromatic heterocycles. The van der Waals surface area contributed by atoms with Gasteiger partial charge < -0.3 is 4.74 Å². The fourth-order valence-corrected chi connectivity index (χ4v) is 1.01. The third kappa shape index (κ3) is 8.87. The summed E-state index contributed by atoms with van der Waals surface area (Å²) in [6.45, 7) is 2.53. The highest BCUT2D eigenvalue weighted by atomic mass is 16.5. The van der Waals surface area contributed by atoms with E-state index in [9.17, 15) is 4.79 Å². The van der Waals surface area contributed by atoms with E-state index in [4.69, 9.17) is 10.3 Å². The maximum Gasteiger partial charge on any atom is 0.305 e. The number of nitrogens with zero attached hydrogens (tertiary/aromatic N) is 3. The Bertz CT molecular complexity index is 200. The van der Waals surface area contributed by atoms with Gasteiger partial charge in [-0.2, -0.15) is 0 Å². The number of hydrogen-bond donors (Lipinski definition) is 0. The first-order chi connectivity index (χ1) is 6.81. The molecule has 14 heavy (non-hydrogen) atoms. The van der Waals surface area contributed by atoms with Crippen LogP contribution in [0.4, 0.5) is 0 Å². The Kier molecular flexibility index (Phi) is 9.01. The zero-order chi connectivity index (χ0) is 10.6. The third-order valence-electron chi connectivity index (χ3n) is 1.75. The number of esters is 1. The summed E-state index contributed by atoms with van der Waals surface area (Å²) in [5, 5.41) is 3.26. The first kappa shape index (κ1) is 12.8. The summed E-state index contributed by atoms with van der Waals surface area (Å²) in [6.07, 6.45) is 4.74. The molecule has 0 aromatic carbocycles. The first-order valence-corrected chi connectivity index (χ1v) is 4.97. The van der Waals surface area contributed by atoms with Crippen LogP contribution >= 0.6 is 0 Å². The molecule has 0 aromatic rings. The minimum Gasteiger partial charge on any atom is -0.466 e. The summed E-state index contributed by atoms with van der Waals surface area (Å²) in [5.41, 5.74) is 7.95. The van der Waals surface area contributed by atoms with Gasteiger partial charge in [-0.25, -0.2) is 0 Å². The quantitative estimate of drug-likeness (QED) is 0.198. The van der Waals surface area contributed by atoms with Gasteiger partial charge >= 0.3 is 5.97 Å². The highest BCUT2D eigenvalue weighted by molar-refractivity contribution is 5.69. The van der Waals surface area contributed by atoms with Crippen LogP contribution in [0.2, 0.25) is 0 Å². The van der Waals surface area contributed by atoms with E-state index >= 15 is 0 Å². The zero-order valence-electron chi connectivity index (χ0n) is 8.61. The number of ether oxygens (including phenoxy) is 1. The van der Waals surface area contributed by atoms with Crippen LogP contribution in [0, 0.1) is 0 Å². The molecule has 0 aliphatic heterocycles. The average molecular weight is 199 g/mol. The average Bonchev–Trinajstić information content (AvgIpc) is 2.19. The topological polar surface area (TPSA) is 75.1 Å². The van der Waals surface area contributed by atoms with Gasteiger partial charge in [0, 0.05) is 11.3 Å². The maximum absolute atomic E-state index is 11.0. The number of rotatable bonds is 8. The second-order valence-corrected chi connectivity index (χ2v) is 2.99. The summed E-state index contributed by atoms with van der Waals surface area (Å²) in [7, 11) is 0. The molecule has 80 valence electrons. The number of hydrogen-bond acceptors (Lipinski definition) is 3. The predicted octanol–water partition coefficient (Wildman–Crippen LogP) is 2.81. The molecular weight excluding hydrogens is 182 g/mol. The molecule has 0 N–H and O–H groups in total. The number of azide groups is 1. The Morgan fingerprint density at radius 3 is 2.86 bits per heavy atom. The Hall–Kier alpha value is -1.22. The van der Waals surface area contributed by atoms with E-state index in [0.29, 0.717) is 6.42 Å². The fourth-order valence-electron chi connectivity index (χ4n) is 1.01. The van der Waals surface area contributed by atoms with E-state index in [2.05, 4.69) is 16.9 Å².